The second kappa shape index (κ2) is 8.29. The molecule has 0 aliphatic carbocycles. The van der Waals surface area contributed by atoms with E-state index in [9.17, 15) is 9.50 Å². The Kier molecular flexibility index (Phi) is 6.71. The lowest BCUT2D eigenvalue weighted by Gasteiger charge is -2.32. The smallest absolute Gasteiger partial charge is 0.123 e. The first-order valence-corrected chi connectivity index (χ1v) is 10.6. The summed E-state index contributed by atoms with van der Waals surface area (Å²) in [7, 11) is 0.437. The Labute approximate surface area is 165 Å². The summed E-state index contributed by atoms with van der Waals surface area (Å²) in [6.07, 6.45) is 0.894. The molecule has 2 aromatic carbocycles. The van der Waals surface area contributed by atoms with Gasteiger partial charge in [-0.15, -0.1) is 0 Å². The van der Waals surface area contributed by atoms with Gasteiger partial charge in [-0.2, -0.15) is 0 Å². The van der Waals surface area contributed by atoms with E-state index < -0.39 is 0 Å². The predicted octanol–water partition coefficient (Wildman–Crippen LogP) is 5.67. The molecule has 27 heavy (non-hydrogen) atoms. The molecule has 0 spiro atoms. The van der Waals surface area contributed by atoms with Crippen molar-refractivity contribution in [2.75, 3.05) is 0 Å². The van der Waals surface area contributed by atoms with Gasteiger partial charge in [-0.3, -0.25) is 0 Å². The number of aryl methyl sites for hydroxylation is 2. The molecule has 2 nitrogen and oxygen atoms in total. The highest BCUT2D eigenvalue weighted by molar-refractivity contribution is 7.48. The molecular weight excluding hydrogens is 356 g/mol. The van der Waals surface area contributed by atoms with Crippen LogP contribution in [0, 0.1) is 19.7 Å². The Bertz CT molecular complexity index is 813. The molecule has 0 aliphatic rings. The van der Waals surface area contributed by atoms with Crippen molar-refractivity contribution in [1.82, 2.24) is 5.32 Å². The SMILES string of the molecule is CCC(C)(Pc1ccc(F)cc1CNC(C)(C)C)c1cc(C)cc(C)c1O. The summed E-state index contributed by atoms with van der Waals surface area (Å²) in [6, 6.07) is 9.18. The van der Waals surface area contributed by atoms with Crippen molar-refractivity contribution in [1.29, 1.82) is 0 Å². The van der Waals surface area contributed by atoms with Gasteiger partial charge >= 0.3 is 0 Å². The topological polar surface area (TPSA) is 32.3 Å². The number of benzene rings is 2. The van der Waals surface area contributed by atoms with E-state index in [0.29, 0.717) is 20.9 Å². The van der Waals surface area contributed by atoms with Crippen LogP contribution in [0.4, 0.5) is 4.39 Å². The molecule has 0 saturated carbocycles. The van der Waals surface area contributed by atoms with Gasteiger partial charge in [-0.05, 0) is 69.6 Å². The normalized spacial score (nSPS) is 14.7. The number of hydrogen-bond acceptors (Lipinski definition) is 2. The number of rotatable bonds is 6. The van der Waals surface area contributed by atoms with Gasteiger partial charge in [0.1, 0.15) is 11.6 Å². The van der Waals surface area contributed by atoms with E-state index in [4.69, 9.17) is 0 Å². The Morgan fingerprint density at radius 3 is 2.33 bits per heavy atom. The van der Waals surface area contributed by atoms with Crippen LogP contribution in [0.5, 0.6) is 5.75 Å². The van der Waals surface area contributed by atoms with Crippen LogP contribution < -0.4 is 10.6 Å². The van der Waals surface area contributed by atoms with Crippen molar-refractivity contribution < 1.29 is 9.50 Å². The summed E-state index contributed by atoms with van der Waals surface area (Å²) < 4.78 is 13.9. The highest BCUT2D eigenvalue weighted by Gasteiger charge is 2.30. The molecule has 0 aromatic heterocycles. The summed E-state index contributed by atoms with van der Waals surface area (Å²) in [6.45, 7) is 15.3. The van der Waals surface area contributed by atoms with Gasteiger partial charge in [0, 0.05) is 22.8 Å². The minimum Gasteiger partial charge on any atom is -0.507 e. The standard InChI is InChI=1S/C23H33FNOP/c1-8-23(7,19-12-15(2)11-16(3)21(19)26)27-20-10-9-18(24)13-17(20)14-25-22(4,5)6/h9-13,25-27H,8,14H2,1-7H3. The molecule has 4 heteroatoms. The summed E-state index contributed by atoms with van der Waals surface area (Å²) in [5.41, 5.74) is 4.00. The third-order valence-electron chi connectivity index (χ3n) is 5.03. The van der Waals surface area contributed by atoms with E-state index in [1.807, 2.05) is 19.1 Å². The van der Waals surface area contributed by atoms with Gasteiger partial charge in [-0.1, -0.05) is 46.2 Å². The van der Waals surface area contributed by atoms with E-state index >= 15 is 0 Å². The number of phenols is 1. The molecular formula is C23H33FNOP. The molecule has 2 atom stereocenters. The summed E-state index contributed by atoms with van der Waals surface area (Å²) in [5, 5.41) is 15.1. The highest BCUT2D eigenvalue weighted by Crippen LogP contribution is 2.48. The lowest BCUT2D eigenvalue weighted by Crippen LogP contribution is -2.36. The van der Waals surface area contributed by atoms with Crippen LogP contribution in [0.25, 0.3) is 0 Å². The fraction of sp³-hybridized carbons (Fsp3) is 0.478. The molecule has 0 heterocycles. The van der Waals surface area contributed by atoms with Gasteiger partial charge in [0.05, 0.1) is 0 Å². The van der Waals surface area contributed by atoms with Crippen molar-refractivity contribution in [3.8, 4) is 5.75 Å². The minimum atomic E-state index is -0.207. The van der Waals surface area contributed by atoms with Crippen LogP contribution in [0.2, 0.25) is 0 Å². The third-order valence-corrected chi connectivity index (χ3v) is 6.97. The predicted molar refractivity (Wildman–Crippen MR) is 116 cm³/mol. The molecule has 2 aromatic rings. The Balaban J connectivity index is 2.44. The minimum absolute atomic E-state index is 0.0350. The third kappa shape index (κ3) is 5.53. The number of aromatic hydroxyl groups is 1. The van der Waals surface area contributed by atoms with Gasteiger partial charge < -0.3 is 10.4 Å². The monoisotopic (exact) mass is 389 g/mol. The van der Waals surface area contributed by atoms with Crippen LogP contribution in [-0.2, 0) is 11.7 Å². The summed E-state index contributed by atoms with van der Waals surface area (Å²) >= 11 is 0. The number of halogens is 1. The second-order valence-electron chi connectivity index (χ2n) is 8.69. The molecule has 0 fully saturated rings. The maximum Gasteiger partial charge on any atom is 0.123 e. The zero-order chi connectivity index (χ0) is 20.4. The maximum absolute atomic E-state index is 13.9. The van der Waals surface area contributed by atoms with E-state index in [0.717, 1.165) is 34.0 Å². The van der Waals surface area contributed by atoms with E-state index in [-0.39, 0.29) is 16.5 Å². The summed E-state index contributed by atoms with van der Waals surface area (Å²) in [5.74, 6) is 0.177. The molecule has 0 radical (unpaired) electrons. The first kappa shape index (κ1) is 21.9. The summed E-state index contributed by atoms with van der Waals surface area (Å²) in [4.78, 5) is 0. The van der Waals surface area contributed by atoms with Crippen molar-refractivity contribution in [2.45, 2.75) is 72.1 Å². The van der Waals surface area contributed by atoms with E-state index in [1.54, 1.807) is 12.1 Å². The van der Waals surface area contributed by atoms with Crippen LogP contribution in [0.15, 0.2) is 30.3 Å². The van der Waals surface area contributed by atoms with E-state index in [1.165, 1.54) is 0 Å². The molecule has 2 N–H and O–H groups in total. The van der Waals surface area contributed by atoms with Crippen LogP contribution in [0.1, 0.15) is 63.3 Å². The first-order valence-electron chi connectivity index (χ1n) is 9.57. The fourth-order valence-electron chi connectivity index (χ4n) is 3.21. The number of phenolic OH excluding ortho intramolecular Hbond substituents is 1. The first-order chi connectivity index (χ1) is 12.4. The molecule has 0 saturated heterocycles. The molecule has 2 unspecified atom stereocenters. The Morgan fingerprint density at radius 2 is 1.74 bits per heavy atom. The van der Waals surface area contributed by atoms with Crippen LogP contribution in [0.3, 0.4) is 0 Å². The average molecular weight is 389 g/mol. The zero-order valence-electron chi connectivity index (χ0n) is 17.6. The number of nitrogens with one attached hydrogen (secondary N) is 1. The lowest BCUT2D eigenvalue weighted by atomic mass is 9.93. The lowest BCUT2D eigenvalue weighted by molar-refractivity contribution is 0.424. The van der Waals surface area contributed by atoms with Crippen molar-refractivity contribution in [3.05, 3.63) is 58.4 Å². The Hall–Kier alpha value is -1.44. The average Bonchev–Trinajstić information content (AvgIpc) is 2.57. The molecule has 0 bridgehead atoms. The van der Waals surface area contributed by atoms with Gasteiger partial charge in [-0.25, -0.2) is 4.39 Å². The molecule has 0 aliphatic heterocycles. The van der Waals surface area contributed by atoms with Gasteiger partial charge in [0.25, 0.3) is 0 Å². The van der Waals surface area contributed by atoms with Crippen LogP contribution >= 0.6 is 8.58 Å². The number of hydrogen-bond donors (Lipinski definition) is 2. The molecule has 148 valence electrons. The van der Waals surface area contributed by atoms with Crippen LogP contribution in [-0.4, -0.2) is 10.6 Å². The Morgan fingerprint density at radius 1 is 1.07 bits per heavy atom. The van der Waals surface area contributed by atoms with Crippen molar-refractivity contribution >= 4 is 13.9 Å². The zero-order valence-corrected chi connectivity index (χ0v) is 18.6. The molecule has 2 rings (SSSR count). The second-order valence-corrected chi connectivity index (χ2v) is 10.6. The van der Waals surface area contributed by atoms with Gasteiger partial charge in [0.15, 0.2) is 0 Å². The van der Waals surface area contributed by atoms with E-state index in [2.05, 4.69) is 52.9 Å². The fourth-order valence-corrected chi connectivity index (χ4v) is 4.80. The van der Waals surface area contributed by atoms with Crippen molar-refractivity contribution in [2.24, 2.45) is 0 Å². The van der Waals surface area contributed by atoms with Gasteiger partial charge in [0.2, 0.25) is 0 Å². The van der Waals surface area contributed by atoms with Crippen molar-refractivity contribution in [3.63, 3.8) is 0 Å². The molecule has 0 amide bonds. The highest BCUT2D eigenvalue weighted by atomic mass is 31.1. The maximum atomic E-state index is 13.9. The largest absolute Gasteiger partial charge is 0.507 e. The quantitative estimate of drug-likeness (QED) is 0.624.